The number of aliphatic imine (C=N–C) groups is 1. The van der Waals surface area contributed by atoms with Crippen LogP contribution in [0.1, 0.15) is 15.9 Å². The molecule has 0 unspecified atom stereocenters. The maximum absolute atomic E-state index is 12.7. The van der Waals surface area contributed by atoms with E-state index in [1.807, 2.05) is 42.5 Å². The monoisotopic (exact) mass is 390 g/mol. The Bertz CT molecular complexity index is 994. The number of aromatic carboxylic acids is 1. The van der Waals surface area contributed by atoms with Crippen LogP contribution in [0.3, 0.4) is 0 Å². The molecule has 3 rings (SSSR count). The van der Waals surface area contributed by atoms with Gasteiger partial charge in [0.05, 0.1) is 16.2 Å². The van der Waals surface area contributed by atoms with Crippen molar-refractivity contribution in [1.82, 2.24) is 4.90 Å². The molecule has 6 heteroatoms. The Balaban J connectivity index is 1.91. The van der Waals surface area contributed by atoms with Crippen LogP contribution in [0.25, 0.3) is 6.08 Å². The SMILES string of the molecule is C=CCN1C(=O)/C(=C/C=C/c2ccccc2)SC1=Nc1ccccc1C(=O)O. The van der Waals surface area contributed by atoms with Gasteiger partial charge in [-0.15, -0.1) is 6.58 Å². The lowest BCUT2D eigenvalue weighted by atomic mass is 10.2. The molecular formula is C22H18N2O3S. The van der Waals surface area contributed by atoms with Gasteiger partial charge in [0.2, 0.25) is 0 Å². The van der Waals surface area contributed by atoms with Crippen LogP contribution >= 0.6 is 11.8 Å². The molecule has 0 aromatic heterocycles. The van der Waals surface area contributed by atoms with Crippen molar-refractivity contribution in [3.8, 4) is 0 Å². The van der Waals surface area contributed by atoms with Crippen molar-refractivity contribution in [2.45, 2.75) is 0 Å². The number of carbonyl (C=O) groups is 2. The molecule has 5 nitrogen and oxygen atoms in total. The lowest BCUT2D eigenvalue weighted by molar-refractivity contribution is -0.121. The molecule has 0 saturated carbocycles. The number of amides is 1. The van der Waals surface area contributed by atoms with E-state index in [4.69, 9.17) is 0 Å². The van der Waals surface area contributed by atoms with Gasteiger partial charge < -0.3 is 5.11 Å². The van der Waals surface area contributed by atoms with E-state index in [1.54, 1.807) is 30.4 Å². The molecule has 0 atom stereocenters. The lowest BCUT2D eigenvalue weighted by Gasteiger charge is -2.13. The first-order valence-electron chi connectivity index (χ1n) is 8.55. The third kappa shape index (κ3) is 4.47. The standard InChI is InChI=1S/C22H18N2O3S/c1-2-15-24-20(25)19(14-8-11-16-9-4-3-5-10-16)28-22(24)23-18-13-7-6-12-17(18)21(26)27/h2-14H,1,15H2,(H,26,27)/b11-8+,19-14-,23-22?. The number of hydrogen-bond donors (Lipinski definition) is 1. The molecule has 1 fully saturated rings. The van der Waals surface area contributed by atoms with E-state index in [-0.39, 0.29) is 11.5 Å². The highest BCUT2D eigenvalue weighted by Crippen LogP contribution is 2.33. The van der Waals surface area contributed by atoms with E-state index >= 15 is 0 Å². The van der Waals surface area contributed by atoms with Crippen LogP contribution in [0.4, 0.5) is 5.69 Å². The minimum Gasteiger partial charge on any atom is -0.478 e. The summed E-state index contributed by atoms with van der Waals surface area (Å²) in [5.74, 6) is -1.25. The number of carbonyl (C=O) groups excluding carboxylic acids is 1. The van der Waals surface area contributed by atoms with Crippen LogP contribution in [-0.4, -0.2) is 33.6 Å². The predicted octanol–water partition coefficient (Wildman–Crippen LogP) is 4.73. The number of carboxylic acids is 1. The summed E-state index contributed by atoms with van der Waals surface area (Å²) in [5, 5.41) is 9.77. The highest BCUT2D eigenvalue weighted by atomic mass is 32.2. The molecule has 1 aliphatic rings. The minimum atomic E-state index is -1.06. The van der Waals surface area contributed by atoms with Crippen LogP contribution in [0, 0.1) is 0 Å². The second kappa shape index (κ2) is 9.01. The normalized spacial score (nSPS) is 17.0. The molecule has 0 bridgehead atoms. The summed E-state index contributed by atoms with van der Waals surface area (Å²) in [6, 6.07) is 16.2. The smallest absolute Gasteiger partial charge is 0.337 e. The van der Waals surface area contributed by atoms with E-state index in [0.717, 1.165) is 5.56 Å². The Kier molecular flexibility index (Phi) is 6.24. The summed E-state index contributed by atoms with van der Waals surface area (Å²) in [7, 11) is 0. The first-order chi connectivity index (χ1) is 13.6. The molecule has 0 aliphatic carbocycles. The van der Waals surface area contributed by atoms with Crippen LogP contribution < -0.4 is 0 Å². The highest BCUT2D eigenvalue weighted by Gasteiger charge is 2.32. The van der Waals surface area contributed by atoms with Crippen molar-refractivity contribution in [3.63, 3.8) is 0 Å². The number of para-hydroxylation sites is 1. The van der Waals surface area contributed by atoms with Gasteiger partial charge in [-0.25, -0.2) is 9.79 Å². The Hall–Kier alpha value is -3.38. The largest absolute Gasteiger partial charge is 0.478 e. The molecule has 1 saturated heterocycles. The summed E-state index contributed by atoms with van der Waals surface area (Å²) in [5.41, 5.74) is 1.42. The van der Waals surface area contributed by atoms with Gasteiger partial charge in [-0.2, -0.15) is 0 Å². The number of rotatable bonds is 6. The molecule has 1 aliphatic heterocycles. The summed E-state index contributed by atoms with van der Waals surface area (Å²) < 4.78 is 0. The van der Waals surface area contributed by atoms with Gasteiger partial charge in [-0.1, -0.05) is 60.7 Å². The molecular weight excluding hydrogens is 372 g/mol. The number of allylic oxidation sites excluding steroid dienone is 2. The average molecular weight is 390 g/mol. The number of carboxylic acid groups (broad SMARTS) is 1. The van der Waals surface area contributed by atoms with Crippen LogP contribution in [0.15, 0.2) is 89.3 Å². The second-order valence-corrected chi connectivity index (χ2v) is 6.83. The summed E-state index contributed by atoms with van der Waals surface area (Å²) >= 11 is 1.21. The van der Waals surface area contributed by atoms with Gasteiger partial charge >= 0.3 is 5.97 Å². The fraction of sp³-hybridized carbons (Fsp3) is 0.0455. The Morgan fingerprint density at radius 2 is 1.86 bits per heavy atom. The number of hydrogen-bond acceptors (Lipinski definition) is 4. The van der Waals surface area contributed by atoms with E-state index in [2.05, 4.69) is 11.6 Å². The first-order valence-corrected chi connectivity index (χ1v) is 9.37. The molecule has 2 aromatic rings. The molecule has 1 heterocycles. The average Bonchev–Trinajstić information content (AvgIpc) is 2.98. The van der Waals surface area contributed by atoms with Crippen molar-refractivity contribution in [3.05, 3.63) is 95.4 Å². The minimum absolute atomic E-state index is 0.0861. The fourth-order valence-electron chi connectivity index (χ4n) is 2.56. The van der Waals surface area contributed by atoms with Crippen molar-refractivity contribution < 1.29 is 14.7 Å². The maximum atomic E-state index is 12.7. The molecule has 1 amide bonds. The highest BCUT2D eigenvalue weighted by molar-refractivity contribution is 8.18. The Labute approximate surface area is 167 Å². The van der Waals surface area contributed by atoms with E-state index in [1.165, 1.54) is 22.7 Å². The van der Waals surface area contributed by atoms with Gasteiger partial charge in [0, 0.05) is 6.54 Å². The van der Waals surface area contributed by atoms with Gasteiger partial charge in [0.1, 0.15) is 0 Å². The molecule has 140 valence electrons. The van der Waals surface area contributed by atoms with Crippen molar-refractivity contribution >= 4 is 40.6 Å². The first kappa shape index (κ1) is 19.4. The zero-order chi connectivity index (χ0) is 19.9. The van der Waals surface area contributed by atoms with Gasteiger partial charge in [0.15, 0.2) is 5.17 Å². The molecule has 1 N–H and O–H groups in total. The Morgan fingerprint density at radius 3 is 2.57 bits per heavy atom. The van der Waals surface area contributed by atoms with Gasteiger partial charge in [0.25, 0.3) is 5.91 Å². The molecule has 28 heavy (non-hydrogen) atoms. The van der Waals surface area contributed by atoms with E-state index in [9.17, 15) is 14.7 Å². The van der Waals surface area contributed by atoms with Crippen molar-refractivity contribution in [2.24, 2.45) is 4.99 Å². The summed E-state index contributed by atoms with van der Waals surface area (Å²) in [6.45, 7) is 3.98. The number of nitrogens with zero attached hydrogens (tertiary/aromatic N) is 2. The maximum Gasteiger partial charge on any atom is 0.337 e. The van der Waals surface area contributed by atoms with Crippen molar-refractivity contribution in [2.75, 3.05) is 6.54 Å². The lowest BCUT2D eigenvalue weighted by Crippen LogP contribution is -2.29. The summed E-state index contributed by atoms with van der Waals surface area (Å²) in [4.78, 5) is 30.6. The third-order valence-corrected chi connectivity index (χ3v) is 4.91. The third-order valence-electron chi connectivity index (χ3n) is 3.89. The number of amidine groups is 1. The summed E-state index contributed by atoms with van der Waals surface area (Å²) in [6.07, 6.45) is 7.07. The molecule has 2 aromatic carbocycles. The van der Waals surface area contributed by atoms with Crippen LogP contribution in [0.5, 0.6) is 0 Å². The van der Waals surface area contributed by atoms with Crippen molar-refractivity contribution in [1.29, 1.82) is 0 Å². The van der Waals surface area contributed by atoms with Gasteiger partial charge in [-0.05, 0) is 35.5 Å². The van der Waals surface area contributed by atoms with E-state index < -0.39 is 5.97 Å². The zero-order valence-corrected chi connectivity index (χ0v) is 15.8. The van der Waals surface area contributed by atoms with Crippen LogP contribution in [-0.2, 0) is 4.79 Å². The second-order valence-electron chi connectivity index (χ2n) is 5.82. The topological polar surface area (TPSA) is 70.0 Å². The Morgan fingerprint density at radius 1 is 1.14 bits per heavy atom. The quantitative estimate of drug-likeness (QED) is 0.572. The van der Waals surface area contributed by atoms with Crippen LogP contribution in [0.2, 0.25) is 0 Å². The molecule has 0 spiro atoms. The van der Waals surface area contributed by atoms with E-state index in [0.29, 0.717) is 22.3 Å². The fourth-order valence-corrected chi connectivity index (χ4v) is 3.51. The number of thioether (sulfide) groups is 1. The zero-order valence-electron chi connectivity index (χ0n) is 15.0. The number of benzene rings is 2. The predicted molar refractivity (Wildman–Crippen MR) is 114 cm³/mol. The van der Waals surface area contributed by atoms with Gasteiger partial charge in [-0.3, -0.25) is 9.69 Å². The molecule has 0 radical (unpaired) electrons.